The second-order valence-electron chi connectivity index (χ2n) is 5.93. The molecule has 1 aromatic carbocycles. The molecule has 2 aliphatic rings. The van der Waals surface area contributed by atoms with Crippen LogP contribution in [0.2, 0.25) is 0 Å². The lowest BCUT2D eigenvalue weighted by Gasteiger charge is -2.20. The first-order valence-corrected chi connectivity index (χ1v) is 7.05. The summed E-state index contributed by atoms with van der Waals surface area (Å²) in [6.45, 7) is 3.30. The van der Waals surface area contributed by atoms with Crippen molar-refractivity contribution in [3.8, 4) is 0 Å². The fourth-order valence-electron chi connectivity index (χ4n) is 2.41. The number of amidine groups is 1. The predicted molar refractivity (Wildman–Crippen MR) is 82.5 cm³/mol. The third-order valence-corrected chi connectivity index (χ3v) is 3.69. The predicted octanol–water partition coefficient (Wildman–Crippen LogP) is 2.98. The minimum atomic E-state index is -1.11. The number of carbonyl (C=O) groups excluding carboxylic acids is 1. The van der Waals surface area contributed by atoms with Crippen LogP contribution >= 0.6 is 0 Å². The third kappa shape index (κ3) is 2.90. The molecule has 0 aromatic heterocycles. The molecule has 1 heterocycles. The van der Waals surface area contributed by atoms with Crippen molar-refractivity contribution in [2.24, 2.45) is 15.9 Å². The van der Waals surface area contributed by atoms with E-state index in [1.165, 1.54) is 0 Å². The Labute approximate surface area is 131 Å². The SMILES string of the molecule is CC(C)(O)c1ccc(C2=NC(=O)C3C=C(F)C=C(F)C3=N2)cc1. The number of hydrogen-bond acceptors (Lipinski definition) is 3. The molecule has 1 aromatic rings. The van der Waals surface area contributed by atoms with E-state index in [9.17, 15) is 18.7 Å². The van der Waals surface area contributed by atoms with Crippen LogP contribution in [0.15, 0.2) is 58.1 Å². The molecule has 1 N–H and O–H groups in total. The molecule has 1 aliphatic heterocycles. The van der Waals surface area contributed by atoms with Crippen LogP contribution in [0, 0.1) is 5.92 Å². The van der Waals surface area contributed by atoms with Crippen LogP contribution in [0.4, 0.5) is 8.78 Å². The monoisotopic (exact) mass is 316 g/mol. The molecule has 118 valence electrons. The van der Waals surface area contributed by atoms with Crippen LogP contribution in [0.5, 0.6) is 0 Å². The molecule has 0 bridgehead atoms. The molecule has 1 unspecified atom stereocenters. The summed E-state index contributed by atoms with van der Waals surface area (Å²) in [6.07, 6.45) is 1.70. The van der Waals surface area contributed by atoms with Crippen LogP contribution in [-0.2, 0) is 10.4 Å². The fourth-order valence-corrected chi connectivity index (χ4v) is 2.41. The van der Waals surface area contributed by atoms with Crippen molar-refractivity contribution < 1.29 is 18.7 Å². The van der Waals surface area contributed by atoms with Gasteiger partial charge in [0.1, 0.15) is 17.6 Å². The van der Waals surface area contributed by atoms with Gasteiger partial charge in [-0.3, -0.25) is 4.79 Å². The molecule has 0 spiro atoms. The molecule has 23 heavy (non-hydrogen) atoms. The van der Waals surface area contributed by atoms with Crippen LogP contribution in [0.1, 0.15) is 25.0 Å². The number of hydrogen-bond donors (Lipinski definition) is 1. The first-order valence-electron chi connectivity index (χ1n) is 7.05. The van der Waals surface area contributed by atoms with Gasteiger partial charge in [0.2, 0.25) is 0 Å². The van der Waals surface area contributed by atoms with Gasteiger partial charge in [0, 0.05) is 11.6 Å². The number of amides is 1. The van der Waals surface area contributed by atoms with Crippen molar-refractivity contribution >= 4 is 17.5 Å². The fraction of sp³-hybridized carbons (Fsp3) is 0.235. The van der Waals surface area contributed by atoms with Gasteiger partial charge in [-0.1, -0.05) is 24.3 Å². The summed E-state index contributed by atoms with van der Waals surface area (Å²) in [4.78, 5) is 19.9. The highest BCUT2D eigenvalue weighted by molar-refractivity contribution is 6.25. The smallest absolute Gasteiger partial charge is 0.260 e. The zero-order valence-electron chi connectivity index (χ0n) is 12.5. The summed E-state index contributed by atoms with van der Waals surface area (Å²) in [5.74, 6) is -3.38. The van der Waals surface area contributed by atoms with Crippen LogP contribution in [0.25, 0.3) is 0 Å². The highest BCUT2D eigenvalue weighted by Crippen LogP contribution is 2.27. The van der Waals surface area contributed by atoms with E-state index in [-0.39, 0.29) is 11.5 Å². The maximum Gasteiger partial charge on any atom is 0.260 e. The topological polar surface area (TPSA) is 62.0 Å². The van der Waals surface area contributed by atoms with Gasteiger partial charge < -0.3 is 5.11 Å². The largest absolute Gasteiger partial charge is 0.386 e. The first kappa shape index (κ1) is 15.4. The van der Waals surface area contributed by atoms with Gasteiger partial charge in [-0.15, -0.1) is 0 Å². The number of aliphatic hydroxyl groups is 1. The van der Waals surface area contributed by atoms with E-state index in [2.05, 4.69) is 9.98 Å². The van der Waals surface area contributed by atoms with Gasteiger partial charge in [-0.2, -0.15) is 4.99 Å². The molecular formula is C17H14F2N2O2. The molecular weight excluding hydrogens is 302 g/mol. The maximum atomic E-state index is 13.9. The van der Waals surface area contributed by atoms with E-state index in [1.54, 1.807) is 38.1 Å². The van der Waals surface area contributed by atoms with E-state index in [1.807, 2.05) is 0 Å². The Morgan fingerprint density at radius 3 is 2.39 bits per heavy atom. The summed E-state index contributed by atoms with van der Waals surface area (Å²) in [5.41, 5.74) is 0.0663. The number of allylic oxidation sites excluding steroid dienone is 3. The molecule has 0 saturated carbocycles. The molecule has 1 aliphatic carbocycles. The molecule has 4 nitrogen and oxygen atoms in total. The Hall–Kier alpha value is -2.47. The Morgan fingerprint density at radius 2 is 1.78 bits per heavy atom. The van der Waals surface area contributed by atoms with Crippen LogP contribution in [-0.4, -0.2) is 22.6 Å². The average Bonchev–Trinajstić information content (AvgIpc) is 2.47. The molecule has 3 rings (SSSR count). The zero-order chi connectivity index (χ0) is 16.8. The Balaban J connectivity index is 1.98. The summed E-state index contributed by atoms with van der Waals surface area (Å²) in [5, 5.41) is 9.94. The highest BCUT2D eigenvalue weighted by Gasteiger charge is 2.33. The standard InChI is InChI=1S/C17H14F2N2O2/c1-17(2,23)10-5-3-9(4-6-10)15-20-14-12(16(22)21-15)7-11(18)8-13(14)19/h3-8,12,23H,1-2H3. The molecule has 0 saturated heterocycles. The van der Waals surface area contributed by atoms with Crippen LogP contribution < -0.4 is 0 Å². The van der Waals surface area contributed by atoms with Gasteiger partial charge in [-0.05, 0) is 25.5 Å². The van der Waals surface area contributed by atoms with Crippen molar-refractivity contribution in [1.82, 2.24) is 0 Å². The highest BCUT2D eigenvalue weighted by atomic mass is 19.1. The molecule has 1 amide bonds. The van der Waals surface area contributed by atoms with Gasteiger partial charge in [0.05, 0.1) is 11.3 Å². The minimum absolute atomic E-state index is 0.0720. The normalized spacial score (nSPS) is 21.1. The lowest BCUT2D eigenvalue weighted by atomic mass is 9.94. The van der Waals surface area contributed by atoms with Crippen molar-refractivity contribution in [3.05, 3.63) is 59.2 Å². The van der Waals surface area contributed by atoms with E-state index in [4.69, 9.17) is 0 Å². The van der Waals surface area contributed by atoms with Gasteiger partial charge in [0.15, 0.2) is 5.84 Å². The van der Waals surface area contributed by atoms with E-state index >= 15 is 0 Å². The van der Waals surface area contributed by atoms with E-state index < -0.39 is 29.1 Å². The number of aliphatic imine (C=N–C) groups is 2. The van der Waals surface area contributed by atoms with Crippen LogP contribution in [0.3, 0.4) is 0 Å². The average molecular weight is 316 g/mol. The van der Waals surface area contributed by atoms with E-state index in [0.717, 1.165) is 6.08 Å². The van der Waals surface area contributed by atoms with Crippen molar-refractivity contribution in [1.29, 1.82) is 0 Å². The molecule has 0 radical (unpaired) electrons. The number of rotatable bonds is 2. The summed E-state index contributed by atoms with van der Waals surface area (Å²) in [6, 6.07) is 6.65. The minimum Gasteiger partial charge on any atom is -0.386 e. The van der Waals surface area contributed by atoms with E-state index in [0.29, 0.717) is 17.2 Å². The number of fused-ring (bicyclic) bond motifs is 1. The molecule has 6 heteroatoms. The van der Waals surface area contributed by atoms with Crippen molar-refractivity contribution in [2.75, 3.05) is 0 Å². The van der Waals surface area contributed by atoms with Crippen molar-refractivity contribution in [2.45, 2.75) is 19.4 Å². The summed E-state index contributed by atoms with van der Waals surface area (Å²) < 4.78 is 27.1. The number of carbonyl (C=O) groups is 1. The Bertz CT molecular complexity index is 797. The Kier molecular flexibility index (Phi) is 3.56. The number of benzene rings is 1. The first-order chi connectivity index (χ1) is 10.8. The number of nitrogens with zero attached hydrogens (tertiary/aromatic N) is 2. The molecule has 1 atom stereocenters. The Morgan fingerprint density at radius 1 is 1.13 bits per heavy atom. The second-order valence-corrected chi connectivity index (χ2v) is 5.93. The van der Waals surface area contributed by atoms with Gasteiger partial charge in [0.25, 0.3) is 5.91 Å². The quantitative estimate of drug-likeness (QED) is 0.912. The zero-order valence-corrected chi connectivity index (χ0v) is 12.5. The third-order valence-electron chi connectivity index (χ3n) is 3.69. The lowest BCUT2D eigenvalue weighted by molar-refractivity contribution is -0.118. The summed E-state index contributed by atoms with van der Waals surface area (Å²) in [7, 11) is 0. The number of halogens is 2. The lowest BCUT2D eigenvalue weighted by Crippen LogP contribution is -2.29. The maximum absolute atomic E-state index is 13.9. The molecule has 0 fully saturated rings. The van der Waals surface area contributed by atoms with Gasteiger partial charge in [-0.25, -0.2) is 13.8 Å². The van der Waals surface area contributed by atoms with Crippen molar-refractivity contribution in [3.63, 3.8) is 0 Å². The second kappa shape index (κ2) is 5.31. The summed E-state index contributed by atoms with van der Waals surface area (Å²) >= 11 is 0. The van der Waals surface area contributed by atoms with Gasteiger partial charge >= 0.3 is 0 Å².